The van der Waals surface area contributed by atoms with Gasteiger partial charge in [-0.25, -0.2) is 0 Å². The first-order chi connectivity index (χ1) is 24.2. The van der Waals surface area contributed by atoms with Gasteiger partial charge >= 0.3 is 37.9 Å². The number of halogens is 2. The summed E-state index contributed by atoms with van der Waals surface area (Å²) in [4.78, 5) is 0. The van der Waals surface area contributed by atoms with E-state index in [0.717, 1.165) is 15.4 Å². The first-order valence-corrected chi connectivity index (χ1v) is 26.7. The van der Waals surface area contributed by atoms with Gasteiger partial charge < -0.3 is 0 Å². The van der Waals surface area contributed by atoms with E-state index in [1.54, 1.807) is 5.56 Å². The van der Waals surface area contributed by atoms with E-state index >= 15 is 0 Å². The fraction of sp³-hybridized carbons (Fsp3) is 0.348. The van der Waals surface area contributed by atoms with E-state index in [0.29, 0.717) is 11.8 Å². The molecule has 0 amide bonds. The van der Waals surface area contributed by atoms with Gasteiger partial charge in [-0.15, -0.1) is 69.1 Å². The van der Waals surface area contributed by atoms with Crippen molar-refractivity contribution in [3.05, 3.63) is 131 Å². The van der Waals surface area contributed by atoms with Crippen LogP contribution < -0.4 is 0 Å². The molecule has 6 aromatic rings. The molecular formula is C46H54Cl2SiZr. The predicted molar refractivity (Wildman–Crippen MR) is 222 cm³/mol. The van der Waals surface area contributed by atoms with E-state index in [-0.39, 0.29) is 0 Å². The zero-order valence-electron chi connectivity index (χ0n) is 31.1. The Morgan fingerprint density at radius 2 is 1.18 bits per heavy atom. The number of aryl methyl sites for hydroxylation is 1. The zero-order valence-corrected chi connectivity index (χ0v) is 36.1. The second-order valence-corrected chi connectivity index (χ2v) is 18.8. The Balaban J connectivity index is 0.000000197. The van der Waals surface area contributed by atoms with Crippen LogP contribution in [0.15, 0.2) is 109 Å². The van der Waals surface area contributed by atoms with Crippen molar-refractivity contribution in [3.8, 4) is 22.3 Å². The van der Waals surface area contributed by atoms with Crippen LogP contribution in [-0.2, 0) is 20.8 Å². The van der Waals surface area contributed by atoms with Gasteiger partial charge in [-0.05, 0) is 59.3 Å². The number of benzene rings is 4. The Morgan fingerprint density at radius 1 is 0.700 bits per heavy atom. The standard InChI is InChI=1S/C24H27.C20H21.C2H6Si.2ClH.Zr/c1-17(2)18-11-13-20(14-12-18)23-10-6-9-21-15-22(16-24(21)23)19-7-4-3-5-8-19;1-4-15(3)16-8-10-17(11-9-16)19-7-5-6-18-12-14(2)13-20(18)19;1-3-2;;;/h6,9-17,19H,3-5,7-8H2,1-2H3;5-13,15H,4H2,1-3H3;1-2H3;2*1H;/q2*-1;;;;+4/p-2. The van der Waals surface area contributed by atoms with Crippen LogP contribution in [0.5, 0.6) is 0 Å². The van der Waals surface area contributed by atoms with Crippen LogP contribution in [0.3, 0.4) is 0 Å². The van der Waals surface area contributed by atoms with Gasteiger partial charge in [0.2, 0.25) is 0 Å². The summed E-state index contributed by atoms with van der Waals surface area (Å²) in [6.45, 7) is 15.5. The molecule has 6 aromatic carbocycles. The molecular weight excluding hydrogens is 743 g/mol. The second kappa shape index (κ2) is 20.7. The van der Waals surface area contributed by atoms with Crippen molar-refractivity contribution in [2.24, 2.45) is 0 Å². The van der Waals surface area contributed by atoms with Gasteiger partial charge in [-0.1, -0.05) is 139 Å². The summed E-state index contributed by atoms with van der Waals surface area (Å²) in [5.74, 6) is 2.01. The maximum atomic E-state index is 4.93. The van der Waals surface area contributed by atoms with Crippen molar-refractivity contribution in [1.29, 1.82) is 0 Å². The Labute approximate surface area is 324 Å². The molecule has 0 spiro atoms. The van der Waals surface area contributed by atoms with E-state index in [1.165, 1.54) is 99.0 Å². The molecule has 0 aromatic heterocycles. The summed E-state index contributed by atoms with van der Waals surface area (Å²) in [5, 5.41) is 5.53. The maximum absolute atomic E-state index is 4.93. The van der Waals surface area contributed by atoms with Gasteiger partial charge in [0.25, 0.3) is 0 Å². The molecule has 2 radical (unpaired) electrons. The first kappa shape index (κ1) is 40.5. The minimum atomic E-state index is -0.826. The number of rotatable bonds is 6. The third kappa shape index (κ3) is 10.9. The minimum absolute atomic E-state index is 0.590. The van der Waals surface area contributed by atoms with Gasteiger partial charge in [0, 0.05) is 9.52 Å². The van der Waals surface area contributed by atoms with Gasteiger partial charge in [-0.2, -0.15) is 12.1 Å². The summed E-state index contributed by atoms with van der Waals surface area (Å²) in [6, 6.07) is 41.0. The Morgan fingerprint density at radius 3 is 1.68 bits per heavy atom. The summed E-state index contributed by atoms with van der Waals surface area (Å²) in [6.07, 6.45) is 8.15. The van der Waals surface area contributed by atoms with E-state index in [9.17, 15) is 0 Å². The van der Waals surface area contributed by atoms with Gasteiger partial charge in [0.05, 0.1) is 0 Å². The molecule has 0 nitrogen and oxygen atoms in total. The summed E-state index contributed by atoms with van der Waals surface area (Å²) in [5.41, 5.74) is 11.1. The summed E-state index contributed by atoms with van der Waals surface area (Å²) < 4.78 is 0. The SMILES string of the molecule is CC(C)c1ccc(-c2cccc3[cH-]c(C4CCCCC4)cc23)cc1.CCC(C)c1ccc(-c2cccc3[cH-]c(C)cc23)cc1.C[Si]C.[Cl][Zr+2][Cl]. The van der Waals surface area contributed by atoms with Crippen molar-refractivity contribution in [3.63, 3.8) is 0 Å². The van der Waals surface area contributed by atoms with Crippen LogP contribution in [0.1, 0.15) is 106 Å². The Hall–Kier alpha value is -2.22. The molecule has 7 rings (SSSR count). The molecule has 1 aliphatic carbocycles. The Kier molecular flexibility index (Phi) is 16.8. The van der Waals surface area contributed by atoms with Crippen molar-refractivity contribution in [1.82, 2.24) is 0 Å². The molecule has 260 valence electrons. The number of hydrogen-bond acceptors (Lipinski definition) is 0. The summed E-state index contributed by atoms with van der Waals surface area (Å²) in [7, 11) is 11.0. The molecule has 0 aliphatic heterocycles. The average molecular weight is 797 g/mol. The molecule has 0 bridgehead atoms. The van der Waals surface area contributed by atoms with E-state index in [2.05, 4.69) is 157 Å². The zero-order chi connectivity index (χ0) is 36.0. The van der Waals surface area contributed by atoms with Gasteiger partial charge in [-0.3, -0.25) is 0 Å². The molecule has 1 atom stereocenters. The van der Waals surface area contributed by atoms with Crippen LogP contribution in [-0.4, -0.2) is 9.52 Å². The molecule has 1 unspecified atom stereocenters. The molecule has 1 aliphatic rings. The van der Waals surface area contributed by atoms with Crippen molar-refractivity contribution < 1.29 is 20.8 Å². The third-order valence-electron chi connectivity index (χ3n) is 10.0. The van der Waals surface area contributed by atoms with Crippen LogP contribution in [0.25, 0.3) is 43.8 Å². The van der Waals surface area contributed by atoms with Crippen molar-refractivity contribution in [2.75, 3.05) is 0 Å². The fourth-order valence-electron chi connectivity index (χ4n) is 7.09. The monoisotopic (exact) mass is 794 g/mol. The van der Waals surface area contributed by atoms with Crippen molar-refractivity contribution in [2.45, 2.75) is 104 Å². The molecule has 0 saturated heterocycles. The second-order valence-electron chi connectivity index (χ2n) is 14.1. The molecule has 1 saturated carbocycles. The van der Waals surface area contributed by atoms with Crippen molar-refractivity contribution >= 4 is 48.1 Å². The molecule has 0 N–H and O–H groups in total. The number of fused-ring (bicyclic) bond motifs is 2. The molecule has 50 heavy (non-hydrogen) atoms. The van der Waals surface area contributed by atoms with Crippen LogP contribution in [0, 0.1) is 6.92 Å². The molecule has 4 heteroatoms. The molecule has 1 fully saturated rings. The van der Waals surface area contributed by atoms with Crippen LogP contribution >= 0.6 is 17.0 Å². The van der Waals surface area contributed by atoms with E-state index in [1.807, 2.05) is 0 Å². The predicted octanol–water partition coefficient (Wildman–Crippen LogP) is 15.6. The fourth-order valence-corrected chi connectivity index (χ4v) is 7.09. The van der Waals surface area contributed by atoms with E-state index < -0.39 is 20.8 Å². The van der Waals surface area contributed by atoms with E-state index in [4.69, 9.17) is 17.0 Å². The van der Waals surface area contributed by atoms with Crippen LogP contribution in [0.2, 0.25) is 13.1 Å². The summed E-state index contributed by atoms with van der Waals surface area (Å²) >= 11 is -0.826. The first-order valence-electron chi connectivity index (χ1n) is 18.3. The third-order valence-corrected chi connectivity index (χ3v) is 10.0. The van der Waals surface area contributed by atoms with Gasteiger partial charge in [0.15, 0.2) is 0 Å². The normalized spacial score (nSPS) is 13.4. The number of hydrogen-bond donors (Lipinski definition) is 0. The topological polar surface area (TPSA) is 0 Å². The average Bonchev–Trinajstić information content (AvgIpc) is 3.76. The quantitative estimate of drug-likeness (QED) is 0.116. The van der Waals surface area contributed by atoms with Crippen LogP contribution in [0.4, 0.5) is 0 Å². The molecule has 0 heterocycles. The van der Waals surface area contributed by atoms with Gasteiger partial charge in [0.1, 0.15) is 0 Å². The Bertz CT molecular complexity index is 1860.